The number of carbonyl (C=O) groups excluding carboxylic acids is 2. The number of aromatic nitrogens is 3. The Morgan fingerprint density at radius 3 is 2.42 bits per heavy atom. The molecular weight excluding hydrogens is 500 g/mol. The van der Waals surface area contributed by atoms with E-state index >= 15 is 0 Å². The van der Waals surface area contributed by atoms with E-state index in [1.165, 1.54) is 11.0 Å². The molecule has 0 aliphatic carbocycles. The van der Waals surface area contributed by atoms with Crippen LogP contribution in [0.15, 0.2) is 79.1 Å². The Morgan fingerprint density at radius 2 is 1.68 bits per heavy atom. The lowest BCUT2D eigenvalue weighted by atomic mass is 9.97. The third-order valence-corrected chi connectivity index (χ3v) is 6.86. The van der Waals surface area contributed by atoms with Crippen LogP contribution in [-0.4, -0.2) is 61.6 Å². The van der Waals surface area contributed by atoms with E-state index in [-0.39, 0.29) is 17.6 Å². The summed E-state index contributed by atoms with van der Waals surface area (Å²) in [6, 6.07) is 24.0. The number of hydrogen-bond acceptors (Lipinski definition) is 5. The summed E-state index contributed by atoms with van der Waals surface area (Å²) < 4.78 is 1.52. The molecule has 0 saturated carbocycles. The number of nitriles is 1. The average Bonchev–Trinajstić information content (AvgIpc) is 3.42. The van der Waals surface area contributed by atoms with Crippen molar-refractivity contribution in [1.29, 1.82) is 5.26 Å². The summed E-state index contributed by atoms with van der Waals surface area (Å²) in [4.78, 5) is 34.5. The molecule has 0 atom stereocenters. The molecular formula is C29H25ClN6O2. The minimum atomic E-state index is -0.634. The molecule has 0 spiro atoms. The van der Waals surface area contributed by atoms with Gasteiger partial charge in [0, 0.05) is 30.2 Å². The molecule has 0 N–H and O–H groups in total. The minimum Gasteiger partial charge on any atom is -0.335 e. The highest BCUT2D eigenvalue weighted by Gasteiger charge is 2.40. The number of rotatable bonds is 4. The maximum atomic E-state index is 13.5. The van der Waals surface area contributed by atoms with Gasteiger partial charge in [0.05, 0.1) is 22.9 Å². The Labute approximate surface area is 225 Å². The first kappa shape index (κ1) is 25.2. The van der Waals surface area contributed by atoms with Gasteiger partial charge in [0.15, 0.2) is 0 Å². The van der Waals surface area contributed by atoms with Gasteiger partial charge in [-0.2, -0.15) is 5.26 Å². The molecule has 190 valence electrons. The maximum absolute atomic E-state index is 13.5. The van der Waals surface area contributed by atoms with Crippen molar-refractivity contribution < 1.29 is 9.59 Å². The Balaban J connectivity index is 1.31. The van der Waals surface area contributed by atoms with Crippen molar-refractivity contribution in [3.8, 4) is 22.9 Å². The smallest absolute Gasteiger partial charge is 0.294 e. The number of halogens is 1. The van der Waals surface area contributed by atoms with Gasteiger partial charge >= 0.3 is 0 Å². The highest BCUT2D eigenvalue weighted by atomic mass is 35.5. The summed E-state index contributed by atoms with van der Waals surface area (Å²) in [6.45, 7) is 4.97. The van der Waals surface area contributed by atoms with E-state index < -0.39 is 5.54 Å². The minimum absolute atomic E-state index is 0.0881. The Hall–Kier alpha value is -4.48. The molecule has 0 unspecified atom stereocenters. The first-order chi connectivity index (χ1) is 18.2. The molecule has 38 heavy (non-hydrogen) atoms. The number of nitrogens with zero attached hydrogens (tertiary/aromatic N) is 6. The predicted molar refractivity (Wildman–Crippen MR) is 144 cm³/mol. The normalized spacial score (nSPS) is 14.7. The fourth-order valence-electron chi connectivity index (χ4n) is 4.71. The third kappa shape index (κ3) is 5.01. The van der Waals surface area contributed by atoms with Crippen molar-refractivity contribution in [2.45, 2.75) is 19.4 Å². The molecule has 0 radical (unpaired) electrons. The van der Waals surface area contributed by atoms with E-state index in [0.29, 0.717) is 41.5 Å². The highest BCUT2D eigenvalue weighted by Crippen LogP contribution is 2.26. The summed E-state index contributed by atoms with van der Waals surface area (Å²) >= 11 is 6.08. The van der Waals surface area contributed by atoms with Crippen LogP contribution in [0, 0.1) is 11.3 Å². The van der Waals surface area contributed by atoms with Crippen molar-refractivity contribution in [3.63, 3.8) is 0 Å². The first-order valence-corrected chi connectivity index (χ1v) is 12.5. The summed E-state index contributed by atoms with van der Waals surface area (Å²) in [5.41, 5.74) is 2.93. The van der Waals surface area contributed by atoms with E-state index in [9.17, 15) is 14.9 Å². The quantitative estimate of drug-likeness (QED) is 0.381. The van der Waals surface area contributed by atoms with Gasteiger partial charge in [-0.15, -0.1) is 5.10 Å². The van der Waals surface area contributed by atoms with Gasteiger partial charge in [-0.3, -0.25) is 9.59 Å². The standard InChI is InChI=1S/C29H25ClN6O2/c1-29(2)18-34(27(37)23-9-4-8-22(15-23)21-7-3-6-20(14-21)17-31)12-13-35(29)28(38)26-32-19-36(33-26)25-11-5-10-24(30)16-25/h3-11,14-16,19H,12-13,18H2,1-2H3. The van der Waals surface area contributed by atoms with Gasteiger partial charge in [-0.1, -0.05) is 41.9 Å². The van der Waals surface area contributed by atoms with Crippen molar-refractivity contribution in [2.75, 3.05) is 19.6 Å². The lowest BCUT2D eigenvalue weighted by Crippen LogP contribution is -2.62. The maximum Gasteiger partial charge on any atom is 0.294 e. The first-order valence-electron chi connectivity index (χ1n) is 12.1. The zero-order valence-corrected chi connectivity index (χ0v) is 21.8. The molecule has 1 aliphatic heterocycles. The second-order valence-corrected chi connectivity index (χ2v) is 10.2. The van der Waals surface area contributed by atoms with Crippen LogP contribution < -0.4 is 0 Å². The largest absolute Gasteiger partial charge is 0.335 e. The van der Waals surface area contributed by atoms with E-state index in [1.54, 1.807) is 46.2 Å². The predicted octanol–water partition coefficient (Wildman–Crippen LogP) is 4.84. The molecule has 1 aromatic heterocycles. The zero-order chi connectivity index (χ0) is 26.9. The number of piperazine rings is 1. The van der Waals surface area contributed by atoms with Crippen LogP contribution in [0.4, 0.5) is 0 Å². The van der Waals surface area contributed by atoms with Gasteiger partial charge in [0.25, 0.3) is 11.8 Å². The lowest BCUT2D eigenvalue weighted by molar-refractivity contribution is 0.0160. The summed E-state index contributed by atoms with van der Waals surface area (Å²) in [7, 11) is 0. The molecule has 0 bridgehead atoms. The van der Waals surface area contributed by atoms with Gasteiger partial charge in [0.2, 0.25) is 5.82 Å². The number of amides is 2. The zero-order valence-electron chi connectivity index (χ0n) is 21.0. The van der Waals surface area contributed by atoms with Crippen molar-refractivity contribution in [1.82, 2.24) is 24.6 Å². The van der Waals surface area contributed by atoms with Crippen LogP contribution in [0.2, 0.25) is 5.02 Å². The Bertz CT molecular complexity index is 1570. The van der Waals surface area contributed by atoms with Crippen molar-refractivity contribution >= 4 is 23.4 Å². The van der Waals surface area contributed by atoms with E-state index in [4.69, 9.17) is 11.6 Å². The molecule has 2 amide bonds. The van der Waals surface area contributed by atoms with Crippen LogP contribution >= 0.6 is 11.6 Å². The van der Waals surface area contributed by atoms with Crippen LogP contribution in [0.25, 0.3) is 16.8 Å². The van der Waals surface area contributed by atoms with Gasteiger partial charge in [-0.25, -0.2) is 9.67 Å². The fourth-order valence-corrected chi connectivity index (χ4v) is 4.90. The van der Waals surface area contributed by atoms with E-state index in [2.05, 4.69) is 16.2 Å². The Morgan fingerprint density at radius 1 is 0.947 bits per heavy atom. The summed E-state index contributed by atoms with van der Waals surface area (Å²) in [6.07, 6.45) is 1.49. The van der Waals surface area contributed by atoms with Crippen LogP contribution in [-0.2, 0) is 0 Å². The van der Waals surface area contributed by atoms with E-state index in [1.807, 2.05) is 50.2 Å². The SMILES string of the molecule is CC1(C)CN(C(=O)c2cccc(-c3cccc(C#N)c3)c2)CCN1C(=O)c1ncn(-c2cccc(Cl)c2)n1. The van der Waals surface area contributed by atoms with Crippen molar-refractivity contribution in [2.24, 2.45) is 0 Å². The van der Waals surface area contributed by atoms with Gasteiger partial charge in [-0.05, 0) is 67.4 Å². The number of carbonyl (C=O) groups is 2. The number of benzene rings is 3. The molecule has 4 aromatic rings. The molecule has 8 nitrogen and oxygen atoms in total. The molecule has 1 fully saturated rings. The van der Waals surface area contributed by atoms with Crippen LogP contribution in [0.5, 0.6) is 0 Å². The highest BCUT2D eigenvalue weighted by molar-refractivity contribution is 6.30. The molecule has 1 saturated heterocycles. The topological polar surface area (TPSA) is 95.1 Å². The van der Waals surface area contributed by atoms with Crippen LogP contribution in [0.1, 0.15) is 40.4 Å². The fraction of sp³-hybridized carbons (Fsp3) is 0.207. The second kappa shape index (κ2) is 10.1. The third-order valence-electron chi connectivity index (χ3n) is 6.62. The molecule has 3 aromatic carbocycles. The number of hydrogen-bond donors (Lipinski definition) is 0. The lowest BCUT2D eigenvalue weighted by Gasteiger charge is -2.46. The van der Waals surface area contributed by atoms with Crippen LogP contribution in [0.3, 0.4) is 0 Å². The Kier molecular flexibility index (Phi) is 6.70. The monoisotopic (exact) mass is 524 g/mol. The van der Waals surface area contributed by atoms with E-state index in [0.717, 1.165) is 11.1 Å². The summed E-state index contributed by atoms with van der Waals surface area (Å²) in [5, 5.41) is 14.1. The average molecular weight is 525 g/mol. The molecule has 2 heterocycles. The molecule has 1 aliphatic rings. The van der Waals surface area contributed by atoms with Gasteiger partial charge < -0.3 is 9.80 Å². The van der Waals surface area contributed by atoms with Gasteiger partial charge in [0.1, 0.15) is 6.33 Å². The summed E-state index contributed by atoms with van der Waals surface area (Å²) in [5.74, 6) is -0.306. The van der Waals surface area contributed by atoms with Crippen molar-refractivity contribution in [3.05, 3.63) is 101 Å². The molecule has 5 rings (SSSR count). The molecule has 9 heteroatoms. The second-order valence-electron chi connectivity index (χ2n) is 9.76.